The van der Waals surface area contributed by atoms with Crippen molar-refractivity contribution in [1.82, 2.24) is 0 Å². The average molecular weight is 175 g/mol. The monoisotopic (exact) mass is 175 g/mol. The molecule has 66 valence electrons. The second-order valence-electron chi connectivity index (χ2n) is 2.66. The first-order chi connectivity index (χ1) is 6.13. The van der Waals surface area contributed by atoms with Crippen molar-refractivity contribution in [3.05, 3.63) is 35.2 Å². The molecule has 13 heavy (non-hydrogen) atoms. The molecule has 0 aliphatic carbocycles. The van der Waals surface area contributed by atoms with E-state index in [9.17, 15) is 4.79 Å². The van der Waals surface area contributed by atoms with Gasteiger partial charge in [0.05, 0.1) is 6.57 Å². The molecular weight excluding hydrogens is 166 g/mol. The van der Waals surface area contributed by atoms with Crippen LogP contribution in [-0.4, -0.2) is 5.97 Å². The number of ether oxygens (including phenoxy) is 1. The third-order valence-corrected chi connectivity index (χ3v) is 1.54. The highest BCUT2D eigenvalue weighted by atomic mass is 16.5. The van der Waals surface area contributed by atoms with Gasteiger partial charge < -0.3 is 4.74 Å². The van der Waals surface area contributed by atoms with Gasteiger partial charge in [0.15, 0.2) is 5.69 Å². The zero-order chi connectivity index (χ0) is 9.84. The van der Waals surface area contributed by atoms with Gasteiger partial charge in [-0.3, -0.25) is 4.79 Å². The van der Waals surface area contributed by atoms with Crippen LogP contribution >= 0.6 is 0 Å². The fourth-order valence-corrected chi connectivity index (χ4v) is 0.972. The van der Waals surface area contributed by atoms with Crippen molar-refractivity contribution >= 4 is 11.7 Å². The van der Waals surface area contributed by atoms with E-state index in [0.717, 1.165) is 5.56 Å². The molecule has 0 heterocycles. The molecule has 1 rings (SSSR count). The SMILES string of the molecule is [C-]#[N+]c1ccc(OC(C)=O)c(C)c1. The summed E-state index contributed by atoms with van der Waals surface area (Å²) in [5.74, 6) is 0.165. The maximum atomic E-state index is 10.6. The number of carbonyl (C=O) groups excluding carboxylic acids is 1. The summed E-state index contributed by atoms with van der Waals surface area (Å²) < 4.78 is 4.90. The number of nitrogens with zero attached hydrogens (tertiary/aromatic N) is 1. The minimum Gasteiger partial charge on any atom is -0.427 e. The van der Waals surface area contributed by atoms with Crippen LogP contribution in [0.5, 0.6) is 5.75 Å². The van der Waals surface area contributed by atoms with Gasteiger partial charge >= 0.3 is 5.97 Å². The molecule has 0 spiro atoms. The van der Waals surface area contributed by atoms with Crippen molar-refractivity contribution in [1.29, 1.82) is 0 Å². The summed E-state index contributed by atoms with van der Waals surface area (Å²) in [4.78, 5) is 13.9. The summed E-state index contributed by atoms with van der Waals surface area (Å²) in [5.41, 5.74) is 1.34. The minimum absolute atomic E-state index is 0.348. The Morgan fingerprint density at radius 3 is 2.69 bits per heavy atom. The topological polar surface area (TPSA) is 30.7 Å². The van der Waals surface area contributed by atoms with Crippen molar-refractivity contribution in [2.24, 2.45) is 0 Å². The van der Waals surface area contributed by atoms with E-state index >= 15 is 0 Å². The average Bonchev–Trinajstić information content (AvgIpc) is 2.08. The van der Waals surface area contributed by atoms with E-state index in [4.69, 9.17) is 11.3 Å². The molecule has 0 radical (unpaired) electrons. The molecule has 0 amide bonds. The van der Waals surface area contributed by atoms with Crippen molar-refractivity contribution in [2.75, 3.05) is 0 Å². The highest BCUT2D eigenvalue weighted by Gasteiger charge is 2.02. The van der Waals surface area contributed by atoms with Crippen LogP contribution in [0.2, 0.25) is 0 Å². The van der Waals surface area contributed by atoms with Gasteiger partial charge in [-0.2, -0.15) is 0 Å². The smallest absolute Gasteiger partial charge is 0.308 e. The molecule has 0 aromatic heterocycles. The van der Waals surface area contributed by atoms with Gasteiger partial charge in [-0.05, 0) is 24.6 Å². The lowest BCUT2D eigenvalue weighted by molar-refractivity contribution is -0.131. The fourth-order valence-electron chi connectivity index (χ4n) is 0.972. The van der Waals surface area contributed by atoms with E-state index < -0.39 is 0 Å². The molecule has 0 aliphatic rings. The van der Waals surface area contributed by atoms with E-state index in [1.54, 1.807) is 25.1 Å². The fraction of sp³-hybridized carbons (Fsp3) is 0.200. The molecule has 0 fully saturated rings. The predicted octanol–water partition coefficient (Wildman–Crippen LogP) is 2.47. The lowest BCUT2D eigenvalue weighted by Gasteiger charge is -2.04. The summed E-state index contributed by atoms with van der Waals surface area (Å²) in [6.07, 6.45) is 0. The molecule has 0 saturated carbocycles. The largest absolute Gasteiger partial charge is 0.427 e. The number of carbonyl (C=O) groups is 1. The van der Waals surface area contributed by atoms with E-state index in [1.807, 2.05) is 0 Å². The van der Waals surface area contributed by atoms with Gasteiger partial charge in [-0.25, -0.2) is 4.85 Å². The van der Waals surface area contributed by atoms with Crippen molar-refractivity contribution in [3.8, 4) is 5.75 Å². The molecule has 3 nitrogen and oxygen atoms in total. The van der Waals surface area contributed by atoms with Crippen LogP contribution in [0.15, 0.2) is 18.2 Å². The van der Waals surface area contributed by atoms with Crippen LogP contribution in [0.25, 0.3) is 4.85 Å². The van der Waals surface area contributed by atoms with E-state index in [1.165, 1.54) is 6.92 Å². The molecule has 0 bridgehead atoms. The summed E-state index contributed by atoms with van der Waals surface area (Å²) in [6.45, 7) is 9.92. The van der Waals surface area contributed by atoms with Crippen LogP contribution in [0, 0.1) is 13.5 Å². The Kier molecular flexibility index (Phi) is 2.65. The number of hydrogen-bond acceptors (Lipinski definition) is 2. The molecule has 1 aromatic carbocycles. The van der Waals surface area contributed by atoms with Crippen molar-refractivity contribution in [2.45, 2.75) is 13.8 Å². The van der Waals surface area contributed by atoms with Crippen LogP contribution < -0.4 is 4.74 Å². The Bertz CT molecular complexity index is 377. The molecule has 0 saturated heterocycles. The maximum absolute atomic E-state index is 10.6. The third kappa shape index (κ3) is 2.31. The molecule has 3 heteroatoms. The van der Waals surface area contributed by atoms with E-state index in [0.29, 0.717) is 11.4 Å². The maximum Gasteiger partial charge on any atom is 0.308 e. The zero-order valence-electron chi connectivity index (χ0n) is 7.50. The van der Waals surface area contributed by atoms with Crippen molar-refractivity contribution in [3.63, 3.8) is 0 Å². The second kappa shape index (κ2) is 3.72. The van der Waals surface area contributed by atoms with Gasteiger partial charge in [-0.15, -0.1) is 0 Å². The van der Waals surface area contributed by atoms with E-state index in [2.05, 4.69) is 4.85 Å². The zero-order valence-corrected chi connectivity index (χ0v) is 7.50. The number of hydrogen-bond donors (Lipinski definition) is 0. The second-order valence-corrected chi connectivity index (χ2v) is 2.66. The minimum atomic E-state index is -0.348. The standard InChI is InChI=1S/C10H9NO2/c1-7-6-9(11-3)4-5-10(7)13-8(2)12/h4-6H,1-2H3. The molecule has 0 N–H and O–H groups in total. The van der Waals surface area contributed by atoms with Crippen molar-refractivity contribution < 1.29 is 9.53 Å². The lowest BCUT2D eigenvalue weighted by Crippen LogP contribution is -2.02. The van der Waals surface area contributed by atoms with Gasteiger partial charge in [0.1, 0.15) is 5.75 Å². The predicted molar refractivity (Wildman–Crippen MR) is 48.8 cm³/mol. The number of esters is 1. The highest BCUT2D eigenvalue weighted by molar-refractivity contribution is 5.70. The van der Waals surface area contributed by atoms with Gasteiger partial charge in [0.25, 0.3) is 0 Å². The molecule has 0 aliphatic heterocycles. The molecule has 1 aromatic rings. The summed E-state index contributed by atoms with van der Waals surface area (Å²) in [7, 11) is 0. The highest BCUT2D eigenvalue weighted by Crippen LogP contribution is 2.23. The van der Waals surface area contributed by atoms with E-state index in [-0.39, 0.29) is 5.97 Å². The molecule has 0 unspecified atom stereocenters. The summed E-state index contributed by atoms with van der Waals surface area (Å²) in [5, 5.41) is 0. The Balaban J connectivity index is 3.00. The van der Waals surface area contributed by atoms with Crippen LogP contribution in [0.1, 0.15) is 12.5 Å². The quantitative estimate of drug-likeness (QED) is 0.373. The van der Waals surface area contributed by atoms with Gasteiger partial charge in [0.2, 0.25) is 0 Å². The third-order valence-electron chi connectivity index (χ3n) is 1.54. The Labute approximate surface area is 76.8 Å². The number of benzene rings is 1. The molecule has 0 atom stereocenters. The van der Waals surface area contributed by atoms with Crippen LogP contribution in [0.4, 0.5) is 5.69 Å². The lowest BCUT2D eigenvalue weighted by atomic mass is 10.2. The van der Waals surface area contributed by atoms with Crippen LogP contribution in [-0.2, 0) is 4.79 Å². The Hall–Kier alpha value is -1.82. The van der Waals surface area contributed by atoms with Crippen LogP contribution in [0.3, 0.4) is 0 Å². The number of rotatable bonds is 1. The van der Waals surface area contributed by atoms with Gasteiger partial charge in [0, 0.05) is 6.92 Å². The Morgan fingerprint density at radius 1 is 1.54 bits per heavy atom. The Morgan fingerprint density at radius 2 is 2.23 bits per heavy atom. The first-order valence-corrected chi connectivity index (χ1v) is 3.80. The summed E-state index contributed by atoms with van der Waals surface area (Å²) in [6, 6.07) is 4.94. The first-order valence-electron chi connectivity index (χ1n) is 3.80. The number of aryl methyl sites for hydroxylation is 1. The first kappa shape index (κ1) is 9.27. The summed E-state index contributed by atoms with van der Waals surface area (Å²) >= 11 is 0. The molecular formula is C10H9NO2. The normalized spacial score (nSPS) is 9.00. The van der Waals surface area contributed by atoms with Gasteiger partial charge in [-0.1, -0.05) is 6.07 Å².